The van der Waals surface area contributed by atoms with Crippen LogP contribution in [0.5, 0.6) is 0 Å². The van der Waals surface area contributed by atoms with Crippen molar-refractivity contribution >= 4 is 17.9 Å². The van der Waals surface area contributed by atoms with Crippen LogP contribution in [-0.4, -0.2) is 37.2 Å². The van der Waals surface area contributed by atoms with Gasteiger partial charge in [0.15, 0.2) is 6.10 Å². The van der Waals surface area contributed by atoms with E-state index in [2.05, 4.69) is 69.4 Å². The minimum Gasteiger partial charge on any atom is -0.462 e. The number of esters is 3. The Morgan fingerprint density at radius 3 is 0.955 bits per heavy atom. The number of rotatable bonds is 52. The molecule has 0 fully saturated rings. The molecule has 6 heteroatoms. The van der Waals surface area contributed by atoms with E-state index in [0.717, 1.165) is 89.9 Å². The molecule has 384 valence electrons. The largest absolute Gasteiger partial charge is 0.462 e. The fourth-order valence-electron chi connectivity index (χ4n) is 8.28. The van der Waals surface area contributed by atoms with Crippen LogP contribution in [0, 0.1) is 0 Å². The normalized spacial score (nSPS) is 12.3. The van der Waals surface area contributed by atoms with E-state index in [-0.39, 0.29) is 31.1 Å². The van der Waals surface area contributed by atoms with E-state index in [1.54, 1.807) is 0 Å². The maximum atomic E-state index is 12.8. The number of hydrogen-bond donors (Lipinski definition) is 0. The second-order valence-electron chi connectivity index (χ2n) is 19.2. The third kappa shape index (κ3) is 52.3. The van der Waals surface area contributed by atoms with Crippen molar-refractivity contribution in [3.8, 4) is 0 Å². The lowest BCUT2D eigenvalue weighted by atomic mass is 10.0. The van der Waals surface area contributed by atoms with Gasteiger partial charge in [0.25, 0.3) is 0 Å². The van der Waals surface area contributed by atoms with Crippen LogP contribution in [0.25, 0.3) is 0 Å². The number of ether oxygens (including phenoxy) is 3. The van der Waals surface area contributed by atoms with Gasteiger partial charge in [0.2, 0.25) is 0 Å². The molecule has 0 N–H and O–H groups in total. The summed E-state index contributed by atoms with van der Waals surface area (Å²) in [5, 5.41) is 0. The van der Waals surface area contributed by atoms with Crippen molar-refractivity contribution in [3.63, 3.8) is 0 Å². The maximum absolute atomic E-state index is 12.8. The van der Waals surface area contributed by atoms with Gasteiger partial charge in [-0.2, -0.15) is 0 Å². The van der Waals surface area contributed by atoms with Crippen LogP contribution in [-0.2, 0) is 28.6 Å². The van der Waals surface area contributed by atoms with Crippen molar-refractivity contribution < 1.29 is 28.6 Å². The summed E-state index contributed by atoms with van der Waals surface area (Å²) >= 11 is 0. The van der Waals surface area contributed by atoms with Gasteiger partial charge >= 0.3 is 17.9 Å². The molecule has 0 rings (SSSR count). The number of unbranched alkanes of at least 4 members (excludes halogenated alkanes) is 33. The van der Waals surface area contributed by atoms with Crippen LogP contribution in [0.2, 0.25) is 0 Å². The molecule has 0 aliphatic heterocycles. The Hall–Kier alpha value is -2.63. The Balaban J connectivity index is 4.35. The predicted octanol–water partition coefficient (Wildman–Crippen LogP) is 19.0. The second kappa shape index (κ2) is 55.0. The lowest BCUT2D eigenvalue weighted by Gasteiger charge is -2.18. The molecule has 1 atom stereocenters. The smallest absolute Gasteiger partial charge is 0.306 e. The number of carbonyl (C=O) groups is 3. The highest BCUT2D eigenvalue weighted by atomic mass is 16.6. The van der Waals surface area contributed by atoms with E-state index >= 15 is 0 Å². The van der Waals surface area contributed by atoms with Crippen molar-refractivity contribution in [3.05, 3.63) is 48.6 Å². The first-order valence-corrected chi connectivity index (χ1v) is 28.6. The van der Waals surface area contributed by atoms with Gasteiger partial charge in [0.1, 0.15) is 13.2 Å². The number of allylic oxidation sites excluding steroid dienone is 8. The topological polar surface area (TPSA) is 78.9 Å². The number of carbonyl (C=O) groups excluding carboxylic acids is 3. The van der Waals surface area contributed by atoms with E-state index in [1.165, 1.54) is 167 Å². The summed E-state index contributed by atoms with van der Waals surface area (Å²) in [5.41, 5.74) is 0. The summed E-state index contributed by atoms with van der Waals surface area (Å²) < 4.78 is 16.9. The summed E-state index contributed by atoms with van der Waals surface area (Å²) in [7, 11) is 0. The van der Waals surface area contributed by atoms with Gasteiger partial charge in [-0.3, -0.25) is 14.4 Å². The molecule has 0 amide bonds. The molecule has 0 radical (unpaired) electrons. The van der Waals surface area contributed by atoms with E-state index in [0.29, 0.717) is 19.3 Å². The lowest BCUT2D eigenvalue weighted by Crippen LogP contribution is -2.30. The fourth-order valence-corrected chi connectivity index (χ4v) is 8.28. The molecule has 0 heterocycles. The van der Waals surface area contributed by atoms with Gasteiger partial charge in [-0.15, -0.1) is 0 Å². The van der Waals surface area contributed by atoms with E-state index in [9.17, 15) is 14.4 Å². The van der Waals surface area contributed by atoms with E-state index in [4.69, 9.17) is 14.2 Å². The van der Waals surface area contributed by atoms with Gasteiger partial charge in [0, 0.05) is 19.3 Å². The molecule has 0 aliphatic carbocycles. The van der Waals surface area contributed by atoms with Crippen molar-refractivity contribution in [2.45, 2.75) is 303 Å². The molecule has 0 spiro atoms. The summed E-state index contributed by atoms with van der Waals surface area (Å²) in [6.45, 7) is 6.54. The standard InChI is InChI=1S/C60H108O6/c1-4-7-10-13-16-19-22-25-28-29-30-31-33-35-38-41-44-47-50-53-59(62)65-56-57(55-64-58(61)52-49-46-43-40-37-34-27-24-21-18-15-12-9-6-3)66-60(63)54-51-48-45-42-39-36-32-26-23-20-17-14-11-8-5-2/h7,10,16,19,25,28,34,37,57H,4-6,8-9,11-15,17-18,20-24,26-27,29-33,35-36,38-56H2,1-3H3/b10-7-,19-16-,28-25-,37-34-. The van der Waals surface area contributed by atoms with Gasteiger partial charge < -0.3 is 14.2 Å². The highest BCUT2D eigenvalue weighted by Gasteiger charge is 2.19. The predicted molar refractivity (Wildman–Crippen MR) is 284 cm³/mol. The minimum atomic E-state index is -0.778. The van der Waals surface area contributed by atoms with Crippen molar-refractivity contribution in [2.24, 2.45) is 0 Å². The molecule has 0 bridgehead atoms. The zero-order chi connectivity index (χ0) is 47.9. The molecule has 0 aromatic carbocycles. The van der Waals surface area contributed by atoms with Crippen LogP contribution in [0.4, 0.5) is 0 Å². The van der Waals surface area contributed by atoms with E-state index in [1.807, 2.05) is 0 Å². The van der Waals surface area contributed by atoms with Crippen LogP contribution < -0.4 is 0 Å². The zero-order valence-electron chi connectivity index (χ0n) is 44.0. The van der Waals surface area contributed by atoms with Gasteiger partial charge in [-0.1, -0.05) is 249 Å². The molecule has 6 nitrogen and oxygen atoms in total. The Bertz CT molecular complexity index is 1150. The fraction of sp³-hybridized carbons (Fsp3) is 0.817. The monoisotopic (exact) mass is 925 g/mol. The Morgan fingerprint density at radius 1 is 0.318 bits per heavy atom. The van der Waals surface area contributed by atoms with Crippen LogP contribution >= 0.6 is 0 Å². The number of hydrogen-bond acceptors (Lipinski definition) is 6. The second-order valence-corrected chi connectivity index (χ2v) is 19.2. The maximum Gasteiger partial charge on any atom is 0.306 e. The average molecular weight is 926 g/mol. The lowest BCUT2D eigenvalue weighted by molar-refractivity contribution is -0.167. The molecular weight excluding hydrogens is 817 g/mol. The molecule has 0 aromatic rings. The summed E-state index contributed by atoms with van der Waals surface area (Å²) in [6.07, 6.45) is 66.7. The van der Waals surface area contributed by atoms with Crippen LogP contribution in [0.3, 0.4) is 0 Å². The molecule has 0 saturated heterocycles. The average Bonchev–Trinajstić information content (AvgIpc) is 3.31. The van der Waals surface area contributed by atoms with Gasteiger partial charge in [0.05, 0.1) is 0 Å². The zero-order valence-corrected chi connectivity index (χ0v) is 44.0. The molecule has 1 unspecified atom stereocenters. The summed E-state index contributed by atoms with van der Waals surface area (Å²) in [5.74, 6) is -0.884. The SMILES string of the molecule is CC/C=C\C/C=C\C/C=C\CCCCCCCCCCCC(=O)OCC(COC(=O)CCCCC/C=C\CCCCCCCCC)OC(=O)CCCCCCCCCCCCCCCCC. The molecule has 0 aromatic heterocycles. The molecule has 0 saturated carbocycles. The first kappa shape index (κ1) is 63.4. The Morgan fingerprint density at radius 2 is 0.591 bits per heavy atom. The first-order valence-electron chi connectivity index (χ1n) is 28.6. The van der Waals surface area contributed by atoms with Crippen molar-refractivity contribution in [2.75, 3.05) is 13.2 Å². The third-order valence-corrected chi connectivity index (χ3v) is 12.6. The molecular formula is C60H108O6. The van der Waals surface area contributed by atoms with Crippen LogP contribution in [0.15, 0.2) is 48.6 Å². The summed E-state index contributed by atoms with van der Waals surface area (Å²) in [4.78, 5) is 38.1. The minimum absolute atomic E-state index is 0.0777. The van der Waals surface area contributed by atoms with E-state index < -0.39 is 6.10 Å². The summed E-state index contributed by atoms with van der Waals surface area (Å²) in [6, 6.07) is 0. The molecule has 0 aliphatic rings. The van der Waals surface area contributed by atoms with Crippen molar-refractivity contribution in [1.82, 2.24) is 0 Å². The molecule has 66 heavy (non-hydrogen) atoms. The first-order chi connectivity index (χ1) is 32.5. The van der Waals surface area contributed by atoms with Gasteiger partial charge in [-0.05, 0) is 77.0 Å². The van der Waals surface area contributed by atoms with Gasteiger partial charge in [-0.25, -0.2) is 0 Å². The van der Waals surface area contributed by atoms with Crippen molar-refractivity contribution in [1.29, 1.82) is 0 Å². The Kier molecular flexibility index (Phi) is 52.8. The Labute approximate surface area is 409 Å². The third-order valence-electron chi connectivity index (χ3n) is 12.6. The highest BCUT2D eigenvalue weighted by Crippen LogP contribution is 2.16. The van der Waals surface area contributed by atoms with Crippen LogP contribution in [0.1, 0.15) is 297 Å². The highest BCUT2D eigenvalue weighted by molar-refractivity contribution is 5.71. The quantitative estimate of drug-likeness (QED) is 0.0262.